The number of fused-ring (bicyclic) bond motifs is 1. The van der Waals surface area contributed by atoms with Crippen LogP contribution in [0.4, 0.5) is 10.5 Å². The number of amides is 3. The number of likely N-dealkylation sites (N-methyl/N-ethyl adjacent to an activating group) is 1. The lowest BCUT2D eigenvalue weighted by Crippen LogP contribution is -2.64. The van der Waals surface area contributed by atoms with Crippen molar-refractivity contribution in [3.63, 3.8) is 0 Å². The molecule has 4 rings (SSSR count). The number of unbranched alkanes of at least 4 members (excludes halogenated alkanes) is 4. The van der Waals surface area contributed by atoms with Gasteiger partial charge in [0.05, 0.1) is 13.7 Å². The molecule has 1 aromatic carbocycles. The van der Waals surface area contributed by atoms with Crippen LogP contribution in [0.25, 0.3) is 0 Å². The average molecular weight is 471 g/mol. The number of imide groups is 1. The number of benzene rings is 1. The third-order valence-corrected chi connectivity index (χ3v) is 7.12. The van der Waals surface area contributed by atoms with E-state index < -0.39 is 12.2 Å². The first-order valence-corrected chi connectivity index (χ1v) is 12.5. The maximum Gasteiger partial charge on any atom is 0.325 e. The van der Waals surface area contributed by atoms with Gasteiger partial charge in [-0.15, -0.1) is 0 Å². The summed E-state index contributed by atoms with van der Waals surface area (Å²) in [6, 6.07) is 7.41. The summed E-state index contributed by atoms with van der Waals surface area (Å²) in [7, 11) is 3.40. The van der Waals surface area contributed by atoms with Gasteiger partial charge in [-0.2, -0.15) is 0 Å². The van der Waals surface area contributed by atoms with Gasteiger partial charge in [-0.3, -0.25) is 15.0 Å². The summed E-state index contributed by atoms with van der Waals surface area (Å²) in [4.78, 5) is 38.3. The second-order valence-electron chi connectivity index (χ2n) is 9.38. The first kappa shape index (κ1) is 24.3. The summed E-state index contributed by atoms with van der Waals surface area (Å²) < 4.78 is 5.27. The van der Waals surface area contributed by atoms with Crippen molar-refractivity contribution in [1.29, 1.82) is 0 Å². The topological polar surface area (TPSA) is 80.7 Å². The summed E-state index contributed by atoms with van der Waals surface area (Å²) in [5.74, 6) is 1.56. The zero-order chi connectivity index (χ0) is 24.1. The van der Waals surface area contributed by atoms with Crippen LogP contribution < -0.4 is 15.0 Å². The van der Waals surface area contributed by atoms with E-state index in [0.717, 1.165) is 57.2 Å². The van der Waals surface area contributed by atoms with E-state index in [2.05, 4.69) is 39.1 Å². The highest BCUT2D eigenvalue weighted by Crippen LogP contribution is 2.26. The molecule has 0 saturated carbocycles. The lowest BCUT2D eigenvalue weighted by atomic mass is 10.1. The zero-order valence-electron chi connectivity index (χ0n) is 20.7. The highest BCUT2D eigenvalue weighted by atomic mass is 16.5. The fourth-order valence-electron chi connectivity index (χ4n) is 5.02. The van der Waals surface area contributed by atoms with Gasteiger partial charge in [0.15, 0.2) is 12.2 Å². The Kier molecular flexibility index (Phi) is 7.92. The summed E-state index contributed by atoms with van der Waals surface area (Å²) in [6.07, 6.45) is 5.39. The predicted octanol–water partition coefficient (Wildman–Crippen LogP) is 2.38. The van der Waals surface area contributed by atoms with Gasteiger partial charge in [-0.25, -0.2) is 9.79 Å². The lowest BCUT2D eigenvalue weighted by Gasteiger charge is -2.38. The second-order valence-corrected chi connectivity index (χ2v) is 9.38. The van der Waals surface area contributed by atoms with Crippen LogP contribution in [0.2, 0.25) is 0 Å². The van der Waals surface area contributed by atoms with Crippen LogP contribution >= 0.6 is 0 Å². The normalized spacial score (nSPS) is 23.1. The van der Waals surface area contributed by atoms with Crippen molar-refractivity contribution >= 4 is 23.5 Å². The number of rotatable bonds is 10. The number of anilines is 1. The van der Waals surface area contributed by atoms with Gasteiger partial charge >= 0.3 is 6.03 Å². The summed E-state index contributed by atoms with van der Waals surface area (Å²) in [5, 5.41) is 2.50. The van der Waals surface area contributed by atoms with Gasteiger partial charge in [-0.1, -0.05) is 32.6 Å². The van der Waals surface area contributed by atoms with Crippen molar-refractivity contribution in [3.8, 4) is 5.75 Å². The molecule has 186 valence electrons. The number of carbonyl (C=O) groups excluding carboxylic acids is 2. The van der Waals surface area contributed by atoms with Gasteiger partial charge in [-0.05, 0) is 30.7 Å². The maximum absolute atomic E-state index is 12.8. The van der Waals surface area contributed by atoms with Gasteiger partial charge in [0.2, 0.25) is 0 Å². The number of hydrogen-bond acceptors (Lipinski definition) is 7. The molecular formula is C25H38N6O3. The first-order valence-electron chi connectivity index (χ1n) is 12.5. The summed E-state index contributed by atoms with van der Waals surface area (Å²) in [6.45, 7) is 7.42. The first-order chi connectivity index (χ1) is 16.5. The van der Waals surface area contributed by atoms with E-state index in [9.17, 15) is 9.59 Å². The molecule has 3 heterocycles. The van der Waals surface area contributed by atoms with E-state index in [1.807, 2.05) is 12.1 Å². The molecule has 34 heavy (non-hydrogen) atoms. The van der Waals surface area contributed by atoms with E-state index in [-0.39, 0.29) is 11.9 Å². The number of piperazine rings is 1. The SMILES string of the molecule is CCCCCCCN1C(CN2CCN(c3ccc(OC)cc3)CC2)=NC2C1C(=O)NC(=O)N2C. The van der Waals surface area contributed by atoms with Gasteiger partial charge in [0, 0.05) is 45.5 Å². The van der Waals surface area contributed by atoms with Crippen molar-refractivity contribution in [1.82, 2.24) is 20.0 Å². The minimum atomic E-state index is -0.438. The third kappa shape index (κ3) is 5.29. The second kappa shape index (κ2) is 11.1. The molecule has 3 amide bonds. The Morgan fingerprint density at radius 1 is 1.03 bits per heavy atom. The minimum absolute atomic E-state index is 0.232. The van der Waals surface area contributed by atoms with Crippen LogP contribution in [-0.4, -0.2) is 98.1 Å². The quantitative estimate of drug-likeness (QED) is 0.529. The van der Waals surface area contributed by atoms with E-state index in [1.54, 1.807) is 19.1 Å². The Bertz CT molecular complexity index is 881. The molecule has 9 heteroatoms. The van der Waals surface area contributed by atoms with Gasteiger partial charge in [0.25, 0.3) is 5.91 Å². The van der Waals surface area contributed by atoms with Crippen molar-refractivity contribution in [2.75, 3.05) is 58.3 Å². The average Bonchev–Trinajstić information content (AvgIpc) is 3.21. The van der Waals surface area contributed by atoms with E-state index in [0.29, 0.717) is 6.54 Å². The maximum atomic E-state index is 12.8. The molecule has 3 aliphatic heterocycles. The zero-order valence-corrected chi connectivity index (χ0v) is 20.7. The van der Waals surface area contributed by atoms with Crippen LogP contribution in [-0.2, 0) is 4.79 Å². The Balaban J connectivity index is 1.39. The largest absolute Gasteiger partial charge is 0.497 e. The van der Waals surface area contributed by atoms with Crippen molar-refractivity contribution < 1.29 is 14.3 Å². The van der Waals surface area contributed by atoms with Crippen LogP contribution in [0.15, 0.2) is 29.3 Å². The van der Waals surface area contributed by atoms with Crippen molar-refractivity contribution in [2.24, 2.45) is 4.99 Å². The monoisotopic (exact) mass is 470 g/mol. The number of nitrogens with one attached hydrogen (secondary N) is 1. The fourth-order valence-corrected chi connectivity index (χ4v) is 5.02. The molecule has 0 spiro atoms. The fraction of sp³-hybridized carbons (Fsp3) is 0.640. The Labute approximate surface area is 202 Å². The van der Waals surface area contributed by atoms with Crippen LogP contribution in [0.1, 0.15) is 39.0 Å². The Morgan fingerprint density at radius 2 is 1.74 bits per heavy atom. The third-order valence-electron chi connectivity index (χ3n) is 7.12. The highest BCUT2D eigenvalue weighted by Gasteiger charge is 2.48. The standard InChI is InChI=1S/C25H38N6O3/c1-4-5-6-7-8-13-31-21(26-23-22(31)24(32)27-25(33)28(23)2)18-29-14-16-30(17-15-29)19-9-11-20(34-3)12-10-19/h9-12,22-23H,4-8,13-18H2,1-3H3,(H,27,32,33). The molecule has 3 aliphatic rings. The number of nitrogens with zero attached hydrogens (tertiary/aromatic N) is 5. The van der Waals surface area contributed by atoms with Crippen molar-refractivity contribution in [3.05, 3.63) is 24.3 Å². The number of amidine groups is 1. The number of aliphatic imine (C=N–C) groups is 1. The van der Waals surface area contributed by atoms with Crippen LogP contribution in [0.3, 0.4) is 0 Å². The van der Waals surface area contributed by atoms with E-state index in [1.165, 1.54) is 24.9 Å². The molecule has 2 fully saturated rings. The number of hydrogen-bond donors (Lipinski definition) is 1. The molecule has 2 saturated heterocycles. The van der Waals surface area contributed by atoms with Crippen molar-refractivity contribution in [2.45, 2.75) is 51.2 Å². The number of urea groups is 1. The molecule has 9 nitrogen and oxygen atoms in total. The van der Waals surface area contributed by atoms with E-state index in [4.69, 9.17) is 9.73 Å². The number of ether oxygens (including phenoxy) is 1. The Morgan fingerprint density at radius 3 is 2.41 bits per heavy atom. The molecule has 1 N–H and O–H groups in total. The molecule has 0 bridgehead atoms. The highest BCUT2D eigenvalue weighted by molar-refractivity contribution is 6.04. The van der Waals surface area contributed by atoms with Crippen LogP contribution in [0, 0.1) is 0 Å². The molecule has 2 atom stereocenters. The van der Waals surface area contributed by atoms with E-state index >= 15 is 0 Å². The number of methoxy groups -OCH3 is 1. The molecule has 0 aliphatic carbocycles. The minimum Gasteiger partial charge on any atom is -0.497 e. The molecular weight excluding hydrogens is 432 g/mol. The van der Waals surface area contributed by atoms with Crippen LogP contribution in [0.5, 0.6) is 5.75 Å². The lowest BCUT2D eigenvalue weighted by molar-refractivity contribution is -0.127. The van der Waals surface area contributed by atoms with Gasteiger partial charge in [0.1, 0.15) is 11.6 Å². The summed E-state index contributed by atoms with van der Waals surface area (Å²) >= 11 is 0. The predicted molar refractivity (Wildman–Crippen MR) is 133 cm³/mol. The molecule has 1 aromatic rings. The number of carbonyl (C=O) groups is 2. The van der Waals surface area contributed by atoms with Gasteiger partial charge < -0.3 is 19.4 Å². The summed E-state index contributed by atoms with van der Waals surface area (Å²) in [5.41, 5.74) is 1.20. The smallest absolute Gasteiger partial charge is 0.325 e. The molecule has 0 aromatic heterocycles. The molecule has 0 radical (unpaired) electrons. The Hall–Kier alpha value is -2.81. The molecule has 2 unspecified atom stereocenters.